The minimum absolute atomic E-state index is 0.232. The highest BCUT2D eigenvalue weighted by Crippen LogP contribution is 2.28. The van der Waals surface area contributed by atoms with E-state index in [4.69, 9.17) is 0 Å². The lowest BCUT2D eigenvalue weighted by Gasteiger charge is -2.07. The number of fused-ring (bicyclic) bond motifs is 1. The third kappa shape index (κ3) is 3.12. The molecule has 2 heterocycles. The van der Waals surface area contributed by atoms with E-state index < -0.39 is 0 Å². The lowest BCUT2D eigenvalue weighted by atomic mass is 10.1. The number of nitrogens with zero attached hydrogens (tertiary/aromatic N) is 1. The van der Waals surface area contributed by atoms with Crippen molar-refractivity contribution < 1.29 is 4.79 Å². The van der Waals surface area contributed by atoms with Gasteiger partial charge < -0.3 is 5.32 Å². The van der Waals surface area contributed by atoms with Gasteiger partial charge in [-0.1, -0.05) is 19.9 Å². The minimum atomic E-state index is -0.232. The molecule has 0 aliphatic heterocycles. The van der Waals surface area contributed by atoms with Crippen LogP contribution in [0.1, 0.15) is 13.8 Å². The largest absolute Gasteiger partial charge is 0.338 e. The predicted molar refractivity (Wildman–Crippen MR) is 91.3 cm³/mol. The molecule has 1 aromatic carbocycles. The summed E-state index contributed by atoms with van der Waals surface area (Å²) >= 11 is 1.67. The molecule has 0 saturated heterocycles. The van der Waals surface area contributed by atoms with Crippen molar-refractivity contribution in [3.63, 3.8) is 0 Å². The van der Waals surface area contributed by atoms with Crippen molar-refractivity contribution in [1.29, 1.82) is 0 Å². The Morgan fingerprint density at radius 2 is 2.18 bits per heavy atom. The van der Waals surface area contributed by atoms with Crippen LogP contribution in [0, 0.1) is 5.92 Å². The monoisotopic (exact) mass is 314 g/mol. The third-order valence-electron chi connectivity index (χ3n) is 3.32. The van der Waals surface area contributed by atoms with E-state index >= 15 is 0 Å². The summed E-state index contributed by atoms with van der Waals surface area (Å²) in [7, 11) is 0. The first kappa shape index (κ1) is 14.6. The van der Waals surface area contributed by atoms with E-state index in [1.165, 1.54) is 5.56 Å². The Morgan fingerprint density at radius 3 is 2.91 bits per heavy atom. The Kier molecular flexibility index (Phi) is 4.11. The summed E-state index contributed by atoms with van der Waals surface area (Å²) < 4.78 is 0. The maximum absolute atomic E-state index is 11.8. The Labute approximate surface area is 132 Å². The summed E-state index contributed by atoms with van der Waals surface area (Å²) in [6.45, 7) is 4.74. The van der Waals surface area contributed by atoms with Gasteiger partial charge in [0.2, 0.25) is 0 Å². The summed E-state index contributed by atoms with van der Waals surface area (Å²) in [5.74, 6) is 0.961. The van der Waals surface area contributed by atoms with Gasteiger partial charge in [-0.05, 0) is 46.0 Å². The summed E-state index contributed by atoms with van der Waals surface area (Å²) in [4.78, 5) is 11.8. The first-order valence-electron chi connectivity index (χ1n) is 7.19. The second kappa shape index (κ2) is 6.19. The number of aromatic nitrogens is 2. The standard InChI is InChI=1S/C16H18N4OS/c1-10(2)8-17-16(21)18-15-13-4-3-11(7-14(13)19-20-15)12-5-6-22-9-12/h3-7,9-10H,8H2,1-2H3,(H3,17,18,19,20,21). The molecular formula is C16H18N4OS. The molecule has 0 aliphatic rings. The number of carbonyl (C=O) groups excluding carboxylic acids is 1. The van der Waals surface area contributed by atoms with Crippen molar-refractivity contribution in [3.8, 4) is 11.1 Å². The number of hydrogen-bond acceptors (Lipinski definition) is 3. The highest BCUT2D eigenvalue weighted by Gasteiger charge is 2.10. The number of nitrogens with one attached hydrogen (secondary N) is 3. The van der Waals surface area contributed by atoms with Gasteiger partial charge >= 0.3 is 6.03 Å². The molecule has 114 valence electrons. The zero-order valence-electron chi connectivity index (χ0n) is 12.5. The molecule has 3 aromatic rings. The number of thiophene rings is 1. The molecule has 0 fully saturated rings. The molecule has 5 nitrogen and oxygen atoms in total. The Balaban J connectivity index is 1.79. The molecule has 2 amide bonds. The minimum Gasteiger partial charge on any atom is -0.338 e. The van der Waals surface area contributed by atoms with Crippen LogP contribution < -0.4 is 10.6 Å². The van der Waals surface area contributed by atoms with E-state index in [9.17, 15) is 4.79 Å². The van der Waals surface area contributed by atoms with Crippen molar-refractivity contribution in [3.05, 3.63) is 35.0 Å². The van der Waals surface area contributed by atoms with E-state index in [0.717, 1.165) is 16.5 Å². The fourth-order valence-corrected chi connectivity index (χ4v) is 2.84. The van der Waals surface area contributed by atoms with E-state index in [1.807, 2.05) is 18.2 Å². The highest BCUT2D eigenvalue weighted by atomic mass is 32.1. The molecule has 0 saturated carbocycles. The zero-order chi connectivity index (χ0) is 15.5. The summed E-state index contributed by atoms with van der Waals surface area (Å²) in [5.41, 5.74) is 3.22. The molecule has 0 aliphatic carbocycles. The molecule has 2 aromatic heterocycles. The van der Waals surface area contributed by atoms with Gasteiger partial charge in [-0.15, -0.1) is 0 Å². The van der Waals surface area contributed by atoms with Gasteiger partial charge in [-0.3, -0.25) is 10.4 Å². The van der Waals surface area contributed by atoms with E-state index in [2.05, 4.69) is 51.5 Å². The van der Waals surface area contributed by atoms with E-state index in [-0.39, 0.29) is 6.03 Å². The molecule has 3 rings (SSSR count). The van der Waals surface area contributed by atoms with Crippen LogP contribution in [0.15, 0.2) is 35.0 Å². The van der Waals surface area contributed by atoms with Crippen LogP contribution in [0.4, 0.5) is 10.6 Å². The lowest BCUT2D eigenvalue weighted by molar-refractivity contribution is 0.251. The van der Waals surface area contributed by atoms with Gasteiger partial charge in [-0.2, -0.15) is 16.4 Å². The third-order valence-corrected chi connectivity index (χ3v) is 4.00. The molecule has 0 radical (unpaired) electrons. The van der Waals surface area contributed by atoms with Gasteiger partial charge in [0.1, 0.15) is 0 Å². The SMILES string of the molecule is CC(C)CNC(=O)Nc1n[nH]c2cc(-c3ccsc3)ccc12. The van der Waals surface area contributed by atoms with Crippen molar-refractivity contribution >= 4 is 34.1 Å². The number of benzene rings is 1. The maximum atomic E-state index is 11.8. The van der Waals surface area contributed by atoms with Gasteiger partial charge in [0, 0.05) is 11.9 Å². The van der Waals surface area contributed by atoms with Crippen molar-refractivity contribution in [2.24, 2.45) is 5.92 Å². The first-order chi connectivity index (χ1) is 10.6. The average molecular weight is 314 g/mol. The van der Waals surface area contributed by atoms with Crippen LogP contribution >= 0.6 is 11.3 Å². The lowest BCUT2D eigenvalue weighted by Crippen LogP contribution is -2.31. The molecule has 0 unspecified atom stereocenters. The second-order valence-electron chi connectivity index (χ2n) is 5.57. The number of carbonyl (C=O) groups is 1. The maximum Gasteiger partial charge on any atom is 0.320 e. The van der Waals surface area contributed by atoms with Crippen molar-refractivity contribution in [2.75, 3.05) is 11.9 Å². The number of aromatic amines is 1. The molecule has 3 N–H and O–H groups in total. The van der Waals surface area contributed by atoms with Crippen molar-refractivity contribution in [1.82, 2.24) is 15.5 Å². The van der Waals surface area contributed by atoms with E-state index in [1.54, 1.807) is 11.3 Å². The zero-order valence-corrected chi connectivity index (χ0v) is 13.3. The molecule has 22 heavy (non-hydrogen) atoms. The first-order valence-corrected chi connectivity index (χ1v) is 8.13. The van der Waals surface area contributed by atoms with Crippen LogP contribution in [0.2, 0.25) is 0 Å². The van der Waals surface area contributed by atoms with Gasteiger partial charge in [0.15, 0.2) is 5.82 Å². The predicted octanol–water partition coefficient (Wildman–Crippen LogP) is 4.07. The van der Waals surface area contributed by atoms with Crippen LogP contribution in [0.5, 0.6) is 0 Å². The van der Waals surface area contributed by atoms with Crippen LogP contribution in [0.25, 0.3) is 22.0 Å². The number of urea groups is 1. The van der Waals surface area contributed by atoms with Crippen LogP contribution in [0.3, 0.4) is 0 Å². The molecular weight excluding hydrogens is 296 g/mol. The summed E-state index contributed by atoms with van der Waals surface area (Å²) in [6, 6.07) is 7.91. The highest BCUT2D eigenvalue weighted by molar-refractivity contribution is 7.08. The topological polar surface area (TPSA) is 69.8 Å². The molecule has 6 heteroatoms. The Bertz CT molecular complexity index is 777. The number of anilines is 1. The van der Waals surface area contributed by atoms with Crippen LogP contribution in [-0.4, -0.2) is 22.8 Å². The van der Waals surface area contributed by atoms with Crippen LogP contribution in [-0.2, 0) is 0 Å². The average Bonchev–Trinajstić information content (AvgIpc) is 3.15. The fraction of sp³-hybridized carbons (Fsp3) is 0.250. The smallest absolute Gasteiger partial charge is 0.320 e. The Morgan fingerprint density at radius 1 is 1.32 bits per heavy atom. The summed E-state index contributed by atoms with van der Waals surface area (Å²) in [6.07, 6.45) is 0. The van der Waals surface area contributed by atoms with Crippen molar-refractivity contribution in [2.45, 2.75) is 13.8 Å². The number of amides is 2. The second-order valence-corrected chi connectivity index (χ2v) is 6.35. The number of hydrogen-bond donors (Lipinski definition) is 3. The van der Waals surface area contributed by atoms with E-state index in [0.29, 0.717) is 18.3 Å². The Hall–Kier alpha value is -2.34. The quantitative estimate of drug-likeness (QED) is 0.679. The molecule has 0 spiro atoms. The number of rotatable bonds is 4. The fourth-order valence-electron chi connectivity index (χ4n) is 2.17. The number of H-pyrrole nitrogens is 1. The van der Waals surface area contributed by atoms with Gasteiger partial charge in [0.25, 0.3) is 0 Å². The molecule has 0 bridgehead atoms. The van der Waals surface area contributed by atoms with Gasteiger partial charge in [-0.25, -0.2) is 4.79 Å². The summed E-state index contributed by atoms with van der Waals surface area (Å²) in [5, 5.41) is 17.8. The normalized spacial score (nSPS) is 11.0. The molecule has 0 atom stereocenters. The van der Waals surface area contributed by atoms with Gasteiger partial charge in [0.05, 0.1) is 5.52 Å².